The maximum absolute atomic E-state index is 8.99. The van der Waals surface area contributed by atoms with Crippen LogP contribution in [0, 0.1) is 0 Å². The number of H-pyrrole nitrogens is 1. The van der Waals surface area contributed by atoms with Crippen molar-refractivity contribution in [3.63, 3.8) is 0 Å². The highest BCUT2D eigenvalue weighted by Gasteiger charge is 2.15. The number of nitrogens with one attached hydrogen (secondary N) is 1. The van der Waals surface area contributed by atoms with Crippen LogP contribution in [0.25, 0.3) is 22.2 Å². The zero-order valence-corrected chi connectivity index (χ0v) is 12.1. The molecule has 4 nitrogen and oxygen atoms in total. The molecular formula is C14H14BrN3O. The first-order chi connectivity index (χ1) is 9.20. The van der Waals surface area contributed by atoms with E-state index in [2.05, 4.69) is 48.8 Å². The van der Waals surface area contributed by atoms with Crippen molar-refractivity contribution in [2.45, 2.75) is 6.42 Å². The molecule has 0 aliphatic heterocycles. The first-order valence-corrected chi connectivity index (χ1v) is 6.89. The third-order valence-electron chi connectivity index (χ3n) is 3.21. The van der Waals surface area contributed by atoms with Gasteiger partial charge in [-0.1, -0.05) is 18.2 Å². The van der Waals surface area contributed by atoms with Crippen LogP contribution in [0.15, 0.2) is 35.1 Å². The number of hydrogen-bond acceptors (Lipinski definition) is 2. The predicted molar refractivity (Wildman–Crippen MR) is 79.0 cm³/mol. The van der Waals surface area contributed by atoms with E-state index in [0.717, 1.165) is 21.7 Å². The highest BCUT2D eigenvalue weighted by atomic mass is 79.9. The Labute approximate surface area is 119 Å². The lowest BCUT2D eigenvalue weighted by atomic mass is 10.1. The number of aryl methyl sites for hydroxylation is 1. The normalized spacial score (nSPS) is 11.3. The lowest BCUT2D eigenvalue weighted by Crippen LogP contribution is -1.92. The molecule has 0 amide bonds. The van der Waals surface area contributed by atoms with Crippen molar-refractivity contribution in [1.29, 1.82) is 0 Å². The van der Waals surface area contributed by atoms with Crippen LogP contribution in [-0.2, 0) is 13.5 Å². The van der Waals surface area contributed by atoms with Crippen molar-refractivity contribution in [1.82, 2.24) is 14.5 Å². The quantitative estimate of drug-likeness (QED) is 0.780. The zero-order valence-electron chi connectivity index (χ0n) is 10.5. The Hall–Kier alpha value is -1.59. The standard InChI is InChI=1S/C14H14BrN3O/c1-18-8-10(9-4-2-3-5-11(9)18)13-14(15)17-12(16-13)6-7-19/h2-5,8,19H,6-7H2,1H3,(H,16,17). The van der Waals surface area contributed by atoms with E-state index in [1.165, 1.54) is 10.9 Å². The van der Waals surface area contributed by atoms with Gasteiger partial charge in [-0.2, -0.15) is 0 Å². The molecule has 5 heteroatoms. The van der Waals surface area contributed by atoms with E-state index in [1.807, 2.05) is 19.2 Å². The Morgan fingerprint density at radius 3 is 2.95 bits per heavy atom. The molecule has 0 saturated heterocycles. The molecular weight excluding hydrogens is 306 g/mol. The summed E-state index contributed by atoms with van der Waals surface area (Å²) in [7, 11) is 2.03. The number of para-hydroxylation sites is 1. The maximum atomic E-state index is 8.99. The zero-order chi connectivity index (χ0) is 13.4. The van der Waals surface area contributed by atoms with Gasteiger partial charge in [0.2, 0.25) is 0 Å². The van der Waals surface area contributed by atoms with Gasteiger partial charge >= 0.3 is 0 Å². The van der Waals surface area contributed by atoms with E-state index >= 15 is 0 Å². The molecule has 0 saturated carbocycles. The maximum Gasteiger partial charge on any atom is 0.110 e. The number of imidazole rings is 1. The van der Waals surface area contributed by atoms with E-state index < -0.39 is 0 Å². The smallest absolute Gasteiger partial charge is 0.110 e. The number of hydrogen-bond donors (Lipinski definition) is 2. The fraction of sp³-hybridized carbons (Fsp3) is 0.214. The van der Waals surface area contributed by atoms with Gasteiger partial charge in [-0.05, 0) is 22.0 Å². The lowest BCUT2D eigenvalue weighted by molar-refractivity contribution is 0.297. The summed E-state index contributed by atoms with van der Waals surface area (Å²) in [5, 5.41) is 10.2. The second kappa shape index (κ2) is 4.83. The monoisotopic (exact) mass is 319 g/mol. The molecule has 0 fully saturated rings. The summed E-state index contributed by atoms with van der Waals surface area (Å²) in [4.78, 5) is 7.71. The second-order valence-electron chi connectivity index (χ2n) is 4.49. The lowest BCUT2D eigenvalue weighted by Gasteiger charge is -1.95. The fourth-order valence-electron chi connectivity index (χ4n) is 2.33. The Bertz CT molecular complexity index is 729. The molecule has 0 radical (unpaired) electrons. The highest BCUT2D eigenvalue weighted by Crippen LogP contribution is 2.33. The summed E-state index contributed by atoms with van der Waals surface area (Å²) in [6.07, 6.45) is 2.61. The molecule has 2 aromatic heterocycles. The molecule has 1 aromatic carbocycles. The molecule has 2 N–H and O–H groups in total. The molecule has 0 aliphatic rings. The van der Waals surface area contributed by atoms with Crippen molar-refractivity contribution in [2.75, 3.05) is 6.61 Å². The molecule has 0 aliphatic carbocycles. The van der Waals surface area contributed by atoms with Crippen LogP contribution < -0.4 is 0 Å². The van der Waals surface area contributed by atoms with Crippen molar-refractivity contribution in [2.24, 2.45) is 7.05 Å². The highest BCUT2D eigenvalue weighted by molar-refractivity contribution is 9.10. The van der Waals surface area contributed by atoms with E-state index in [1.54, 1.807) is 0 Å². The van der Waals surface area contributed by atoms with Gasteiger partial charge in [-0.3, -0.25) is 0 Å². The summed E-state index contributed by atoms with van der Waals surface area (Å²) >= 11 is 3.51. The van der Waals surface area contributed by atoms with E-state index in [4.69, 9.17) is 5.11 Å². The first kappa shape index (κ1) is 12.4. The number of rotatable bonds is 3. The second-order valence-corrected chi connectivity index (χ2v) is 5.28. The summed E-state index contributed by atoms with van der Waals surface area (Å²) in [5.41, 5.74) is 3.15. The number of aromatic amines is 1. The van der Waals surface area contributed by atoms with Gasteiger partial charge in [0.1, 0.15) is 16.1 Å². The van der Waals surface area contributed by atoms with Crippen molar-refractivity contribution >= 4 is 26.8 Å². The van der Waals surface area contributed by atoms with Gasteiger partial charge in [0.05, 0.1) is 6.61 Å². The van der Waals surface area contributed by atoms with Crippen molar-refractivity contribution in [3.8, 4) is 11.3 Å². The molecule has 3 rings (SSSR count). The number of halogens is 1. The number of aliphatic hydroxyl groups excluding tert-OH is 1. The average molecular weight is 320 g/mol. The number of aliphatic hydroxyl groups is 1. The van der Waals surface area contributed by atoms with Gasteiger partial charge < -0.3 is 14.7 Å². The van der Waals surface area contributed by atoms with Crippen LogP contribution in [0.1, 0.15) is 5.82 Å². The van der Waals surface area contributed by atoms with Crippen molar-refractivity contribution in [3.05, 3.63) is 40.9 Å². The third-order valence-corrected chi connectivity index (χ3v) is 3.78. The number of aromatic nitrogens is 3. The van der Waals surface area contributed by atoms with Crippen LogP contribution in [0.2, 0.25) is 0 Å². The Balaban J connectivity index is 2.19. The van der Waals surface area contributed by atoms with Gasteiger partial charge in [-0.15, -0.1) is 0 Å². The minimum atomic E-state index is 0.0922. The van der Waals surface area contributed by atoms with Crippen molar-refractivity contribution < 1.29 is 5.11 Å². The van der Waals surface area contributed by atoms with Crippen LogP contribution in [0.3, 0.4) is 0 Å². The van der Waals surface area contributed by atoms with E-state index in [-0.39, 0.29) is 6.61 Å². The minimum absolute atomic E-state index is 0.0922. The fourth-order valence-corrected chi connectivity index (χ4v) is 2.86. The first-order valence-electron chi connectivity index (χ1n) is 6.10. The Morgan fingerprint density at radius 2 is 2.16 bits per heavy atom. The average Bonchev–Trinajstić information content (AvgIpc) is 2.92. The molecule has 2 heterocycles. The van der Waals surface area contributed by atoms with Gasteiger partial charge in [0, 0.05) is 36.1 Å². The van der Waals surface area contributed by atoms with Gasteiger partial charge in [0.15, 0.2) is 0 Å². The largest absolute Gasteiger partial charge is 0.396 e. The number of benzene rings is 1. The van der Waals surface area contributed by atoms with Crippen LogP contribution in [-0.4, -0.2) is 26.2 Å². The molecule has 98 valence electrons. The predicted octanol–water partition coefficient (Wildman–Crippen LogP) is 2.87. The number of nitrogens with zero attached hydrogens (tertiary/aromatic N) is 2. The summed E-state index contributed by atoms with van der Waals surface area (Å²) in [6, 6.07) is 8.25. The SMILES string of the molecule is Cn1cc(-c2nc(CCO)[nH]c2Br)c2ccccc21. The summed E-state index contributed by atoms with van der Waals surface area (Å²) in [6.45, 7) is 0.0922. The number of fused-ring (bicyclic) bond motifs is 1. The summed E-state index contributed by atoms with van der Waals surface area (Å²) < 4.78 is 2.95. The minimum Gasteiger partial charge on any atom is -0.396 e. The Kier molecular flexibility index (Phi) is 3.16. The summed E-state index contributed by atoms with van der Waals surface area (Å²) in [5.74, 6) is 0.789. The van der Waals surface area contributed by atoms with E-state index in [0.29, 0.717) is 6.42 Å². The molecule has 0 atom stereocenters. The Morgan fingerprint density at radius 1 is 1.37 bits per heavy atom. The third kappa shape index (κ3) is 2.09. The van der Waals surface area contributed by atoms with Crippen LogP contribution in [0.4, 0.5) is 0 Å². The molecule has 0 unspecified atom stereocenters. The molecule has 0 bridgehead atoms. The van der Waals surface area contributed by atoms with Crippen LogP contribution in [0.5, 0.6) is 0 Å². The van der Waals surface area contributed by atoms with Gasteiger partial charge in [-0.25, -0.2) is 4.98 Å². The van der Waals surface area contributed by atoms with E-state index in [9.17, 15) is 0 Å². The molecule has 19 heavy (non-hydrogen) atoms. The molecule has 0 spiro atoms. The topological polar surface area (TPSA) is 53.8 Å². The van der Waals surface area contributed by atoms with Crippen LogP contribution >= 0.6 is 15.9 Å². The van der Waals surface area contributed by atoms with Gasteiger partial charge in [0.25, 0.3) is 0 Å². The molecule has 3 aromatic rings.